The molecule has 0 saturated heterocycles. The number of hydrogen-bond donors (Lipinski definition) is 2. The smallest absolute Gasteiger partial charge is 0.274 e. The fourth-order valence-electron chi connectivity index (χ4n) is 1.63. The third-order valence-corrected chi connectivity index (χ3v) is 4.06. The van der Waals surface area contributed by atoms with Crippen LogP contribution in [0.4, 0.5) is 15.8 Å². The second-order valence-corrected chi connectivity index (χ2v) is 5.92. The summed E-state index contributed by atoms with van der Waals surface area (Å²) in [6, 6.07) is 1.31. The van der Waals surface area contributed by atoms with Crippen LogP contribution in [0.3, 0.4) is 0 Å². The van der Waals surface area contributed by atoms with Crippen molar-refractivity contribution in [1.82, 2.24) is 4.72 Å². The second-order valence-electron chi connectivity index (χ2n) is 4.22. The fraction of sp³-hybridized carbons (Fsp3) is 0.455. The van der Waals surface area contributed by atoms with Gasteiger partial charge in [0.05, 0.1) is 22.8 Å². The quantitative estimate of drug-likeness (QED) is 0.439. The van der Waals surface area contributed by atoms with E-state index in [2.05, 4.69) is 4.72 Å². The van der Waals surface area contributed by atoms with E-state index in [0.29, 0.717) is 12.7 Å². The first kappa shape index (κ1) is 17.3. The maximum Gasteiger partial charge on any atom is 0.274 e. The van der Waals surface area contributed by atoms with Crippen LogP contribution in [-0.4, -0.2) is 32.6 Å². The summed E-state index contributed by atoms with van der Waals surface area (Å²) in [6.45, 7) is 3.71. The molecule has 0 aliphatic heterocycles. The second kappa shape index (κ2) is 6.78. The Morgan fingerprint density at radius 3 is 2.62 bits per heavy atom. The van der Waals surface area contributed by atoms with Gasteiger partial charge in [-0.1, -0.05) is 0 Å². The van der Waals surface area contributed by atoms with Crippen molar-refractivity contribution < 1.29 is 22.5 Å². The number of hydrogen-bond acceptors (Lipinski definition) is 6. The van der Waals surface area contributed by atoms with Gasteiger partial charge < -0.3 is 10.5 Å². The number of sulfonamides is 1. The number of rotatable bonds is 7. The molecule has 10 heteroatoms. The Bertz CT molecular complexity index is 612. The highest BCUT2D eigenvalue weighted by molar-refractivity contribution is 7.89. The first-order valence-electron chi connectivity index (χ1n) is 6.03. The van der Waals surface area contributed by atoms with E-state index in [1.807, 2.05) is 0 Å². The number of nitrogen functional groups attached to an aromatic ring is 1. The molecule has 0 saturated carbocycles. The summed E-state index contributed by atoms with van der Waals surface area (Å²) in [5, 5.41) is 10.6. The van der Waals surface area contributed by atoms with Crippen LogP contribution in [-0.2, 0) is 14.8 Å². The number of nitrogens with zero attached hydrogens (tertiary/aromatic N) is 1. The number of nitro benzene ring substituents is 1. The van der Waals surface area contributed by atoms with E-state index in [4.69, 9.17) is 10.5 Å². The summed E-state index contributed by atoms with van der Waals surface area (Å²) in [5.74, 6) is -1.28. The van der Waals surface area contributed by atoms with E-state index in [-0.39, 0.29) is 6.54 Å². The number of nitro groups is 1. The Labute approximate surface area is 121 Å². The number of benzene rings is 1. The maximum atomic E-state index is 13.8. The lowest BCUT2D eigenvalue weighted by molar-refractivity contribution is -0.385. The molecule has 1 aromatic carbocycles. The van der Waals surface area contributed by atoms with Crippen LogP contribution in [0.25, 0.3) is 0 Å². The zero-order valence-corrected chi connectivity index (χ0v) is 12.3. The zero-order chi connectivity index (χ0) is 16.2. The normalized spacial score (nSPS) is 13.1. The van der Waals surface area contributed by atoms with Gasteiger partial charge in [-0.2, -0.15) is 0 Å². The summed E-state index contributed by atoms with van der Waals surface area (Å²) < 4.78 is 45.1. The predicted octanol–water partition coefficient (Wildman–Crippen LogP) is 1.02. The largest absolute Gasteiger partial charge is 0.397 e. The van der Waals surface area contributed by atoms with Crippen LogP contribution in [0, 0.1) is 15.9 Å². The molecule has 0 heterocycles. The molecule has 21 heavy (non-hydrogen) atoms. The van der Waals surface area contributed by atoms with Crippen molar-refractivity contribution in [2.45, 2.75) is 24.8 Å². The molecular weight excluding hydrogens is 305 g/mol. The van der Waals surface area contributed by atoms with E-state index in [1.54, 1.807) is 13.8 Å². The topological polar surface area (TPSA) is 125 Å². The molecule has 3 N–H and O–H groups in total. The molecule has 8 nitrogen and oxygen atoms in total. The molecule has 0 amide bonds. The van der Waals surface area contributed by atoms with Crippen molar-refractivity contribution in [3.8, 4) is 0 Å². The first-order valence-corrected chi connectivity index (χ1v) is 7.52. The lowest BCUT2D eigenvalue weighted by atomic mass is 10.3. The van der Waals surface area contributed by atoms with Crippen LogP contribution >= 0.6 is 0 Å². The van der Waals surface area contributed by atoms with E-state index >= 15 is 0 Å². The SMILES string of the molecule is CCOC(C)CNS(=O)(=O)c1c(N)cc([N+](=O)[O-])cc1F. The number of anilines is 1. The maximum absolute atomic E-state index is 13.8. The van der Waals surface area contributed by atoms with Crippen LogP contribution < -0.4 is 10.5 Å². The van der Waals surface area contributed by atoms with Gasteiger partial charge in [-0.3, -0.25) is 10.1 Å². The van der Waals surface area contributed by atoms with Gasteiger partial charge in [0, 0.05) is 19.2 Å². The highest BCUT2D eigenvalue weighted by Gasteiger charge is 2.26. The van der Waals surface area contributed by atoms with Crippen molar-refractivity contribution in [2.75, 3.05) is 18.9 Å². The van der Waals surface area contributed by atoms with Crippen molar-refractivity contribution in [3.63, 3.8) is 0 Å². The molecular formula is C11H16FN3O5S. The Kier molecular flexibility index (Phi) is 5.58. The summed E-state index contributed by atoms with van der Waals surface area (Å²) >= 11 is 0. The molecule has 1 atom stereocenters. The minimum absolute atomic E-state index is 0.0773. The molecule has 0 bridgehead atoms. The zero-order valence-electron chi connectivity index (χ0n) is 11.5. The molecule has 1 unspecified atom stereocenters. The van der Waals surface area contributed by atoms with Gasteiger partial charge in [-0.25, -0.2) is 17.5 Å². The van der Waals surface area contributed by atoms with E-state index in [0.717, 1.165) is 6.07 Å². The van der Waals surface area contributed by atoms with Gasteiger partial charge >= 0.3 is 0 Å². The average molecular weight is 321 g/mol. The number of non-ortho nitro benzene ring substituents is 1. The standard InChI is InChI=1S/C11H16FN3O5S/c1-3-20-7(2)6-14-21(18,19)11-9(12)4-8(15(16)17)5-10(11)13/h4-5,7,14H,3,6,13H2,1-2H3. The number of nitrogens with two attached hydrogens (primary N) is 1. The molecule has 0 radical (unpaired) electrons. The third-order valence-electron chi connectivity index (χ3n) is 2.55. The van der Waals surface area contributed by atoms with Crippen LogP contribution in [0.1, 0.15) is 13.8 Å². The van der Waals surface area contributed by atoms with Crippen LogP contribution in [0.5, 0.6) is 0 Å². The van der Waals surface area contributed by atoms with Crippen LogP contribution in [0.15, 0.2) is 17.0 Å². The Morgan fingerprint density at radius 2 is 2.14 bits per heavy atom. The predicted molar refractivity (Wildman–Crippen MR) is 73.7 cm³/mol. The Morgan fingerprint density at radius 1 is 1.52 bits per heavy atom. The Hall–Kier alpha value is -1.78. The summed E-state index contributed by atoms with van der Waals surface area (Å²) in [6.07, 6.45) is -0.410. The number of halogens is 1. The first-order chi connectivity index (χ1) is 9.69. The molecule has 0 fully saturated rings. The monoisotopic (exact) mass is 321 g/mol. The van der Waals surface area contributed by atoms with Crippen molar-refractivity contribution >= 4 is 21.4 Å². The Balaban J connectivity index is 3.06. The molecule has 1 rings (SSSR count). The van der Waals surface area contributed by atoms with Gasteiger partial charge in [0.1, 0.15) is 4.90 Å². The fourth-order valence-corrected chi connectivity index (χ4v) is 2.91. The van der Waals surface area contributed by atoms with Gasteiger partial charge in [-0.05, 0) is 13.8 Å². The van der Waals surface area contributed by atoms with Crippen LogP contribution in [0.2, 0.25) is 0 Å². The van der Waals surface area contributed by atoms with Gasteiger partial charge in [0.2, 0.25) is 10.0 Å². The van der Waals surface area contributed by atoms with E-state index < -0.39 is 43.1 Å². The summed E-state index contributed by atoms with van der Waals surface area (Å²) in [5.41, 5.74) is 4.27. The number of ether oxygens (including phenoxy) is 1. The van der Waals surface area contributed by atoms with Gasteiger partial charge in [-0.15, -0.1) is 0 Å². The minimum atomic E-state index is -4.23. The lowest BCUT2D eigenvalue weighted by Gasteiger charge is -2.14. The van der Waals surface area contributed by atoms with E-state index in [1.165, 1.54) is 0 Å². The minimum Gasteiger partial charge on any atom is -0.397 e. The average Bonchev–Trinajstić information content (AvgIpc) is 2.35. The molecule has 0 aliphatic carbocycles. The number of nitrogens with one attached hydrogen (secondary N) is 1. The van der Waals surface area contributed by atoms with Crippen molar-refractivity contribution in [3.05, 3.63) is 28.1 Å². The summed E-state index contributed by atoms with van der Waals surface area (Å²) in [4.78, 5) is 8.89. The van der Waals surface area contributed by atoms with Gasteiger partial charge in [0.15, 0.2) is 5.82 Å². The summed E-state index contributed by atoms with van der Waals surface area (Å²) in [7, 11) is -4.23. The highest BCUT2D eigenvalue weighted by Crippen LogP contribution is 2.27. The van der Waals surface area contributed by atoms with Crippen molar-refractivity contribution in [1.29, 1.82) is 0 Å². The van der Waals surface area contributed by atoms with Gasteiger partial charge in [0.25, 0.3) is 5.69 Å². The molecule has 0 spiro atoms. The molecule has 118 valence electrons. The van der Waals surface area contributed by atoms with Crippen molar-refractivity contribution in [2.24, 2.45) is 0 Å². The molecule has 1 aromatic rings. The molecule has 0 aliphatic rings. The third kappa shape index (κ3) is 4.34. The molecule has 0 aromatic heterocycles. The lowest BCUT2D eigenvalue weighted by Crippen LogP contribution is -2.33. The highest BCUT2D eigenvalue weighted by atomic mass is 32.2. The van der Waals surface area contributed by atoms with E-state index in [9.17, 15) is 22.9 Å².